The number of carboxylic acid groups (broad SMARTS) is 1. The predicted molar refractivity (Wildman–Crippen MR) is 53.1 cm³/mol. The first-order valence-electron chi connectivity index (χ1n) is 4.89. The zero-order chi connectivity index (χ0) is 10.6. The van der Waals surface area contributed by atoms with Gasteiger partial charge in [0, 0.05) is 5.82 Å². The van der Waals surface area contributed by atoms with Crippen LogP contribution in [0.5, 0.6) is 5.75 Å². The van der Waals surface area contributed by atoms with E-state index in [4.69, 9.17) is 9.76 Å². The second-order valence-corrected chi connectivity index (χ2v) is 4.04. The van der Waals surface area contributed by atoms with Crippen molar-refractivity contribution >= 4 is 13.1 Å². The maximum absolute atomic E-state index is 10.9. The summed E-state index contributed by atoms with van der Waals surface area (Å²) in [5, 5.41) is 18.5. The third-order valence-corrected chi connectivity index (χ3v) is 3.12. The van der Waals surface area contributed by atoms with Crippen LogP contribution in [0.3, 0.4) is 0 Å². The molecule has 2 aliphatic rings. The molecule has 2 atom stereocenters. The van der Waals surface area contributed by atoms with Gasteiger partial charge >= 0.3 is 13.1 Å². The van der Waals surface area contributed by atoms with E-state index in [-0.39, 0.29) is 17.3 Å². The first-order valence-corrected chi connectivity index (χ1v) is 4.89. The highest BCUT2D eigenvalue weighted by Crippen LogP contribution is 2.60. The molecule has 0 amide bonds. The molecule has 4 nitrogen and oxygen atoms in total. The fourth-order valence-electron chi connectivity index (χ4n) is 2.24. The molecule has 0 radical (unpaired) electrons. The molecule has 1 aliphatic heterocycles. The molecule has 1 aliphatic carbocycles. The summed E-state index contributed by atoms with van der Waals surface area (Å²) >= 11 is 0. The second kappa shape index (κ2) is 2.76. The lowest BCUT2D eigenvalue weighted by Gasteiger charge is -2.20. The molecule has 0 bridgehead atoms. The summed E-state index contributed by atoms with van der Waals surface area (Å²) in [5.41, 5.74) is 1.06. The SMILES string of the molecule is O=C(O)c1cccc2c1OB(O)[C@@H]1CC21. The van der Waals surface area contributed by atoms with Gasteiger partial charge in [0.1, 0.15) is 5.75 Å². The molecule has 0 aromatic heterocycles. The molecule has 5 heteroatoms. The van der Waals surface area contributed by atoms with Crippen molar-refractivity contribution in [2.24, 2.45) is 0 Å². The van der Waals surface area contributed by atoms with E-state index >= 15 is 0 Å². The van der Waals surface area contributed by atoms with E-state index in [0.29, 0.717) is 5.75 Å². The Balaban J connectivity index is 2.14. The number of benzene rings is 1. The Hall–Kier alpha value is -1.49. The lowest BCUT2D eigenvalue weighted by Crippen LogP contribution is -2.27. The van der Waals surface area contributed by atoms with Crippen LogP contribution < -0.4 is 4.65 Å². The van der Waals surface area contributed by atoms with E-state index in [1.807, 2.05) is 6.07 Å². The maximum Gasteiger partial charge on any atom is 0.526 e. The molecular weight excluding hydrogens is 195 g/mol. The summed E-state index contributed by atoms with van der Waals surface area (Å²) in [6.45, 7) is 0. The van der Waals surface area contributed by atoms with Gasteiger partial charge in [0.05, 0.1) is 5.56 Å². The van der Waals surface area contributed by atoms with Gasteiger partial charge in [-0.15, -0.1) is 0 Å². The monoisotopic (exact) mass is 204 g/mol. The van der Waals surface area contributed by atoms with Gasteiger partial charge in [0.2, 0.25) is 0 Å². The Bertz CT molecular complexity index is 445. The molecule has 1 unspecified atom stereocenters. The topological polar surface area (TPSA) is 66.8 Å². The molecule has 0 spiro atoms. The van der Waals surface area contributed by atoms with Crippen LogP contribution in [0.4, 0.5) is 0 Å². The zero-order valence-electron chi connectivity index (χ0n) is 7.88. The molecule has 3 rings (SSSR count). The van der Waals surface area contributed by atoms with E-state index in [9.17, 15) is 9.82 Å². The fourth-order valence-corrected chi connectivity index (χ4v) is 2.24. The molecule has 15 heavy (non-hydrogen) atoms. The summed E-state index contributed by atoms with van der Waals surface area (Å²) in [7, 11) is -0.844. The standard InChI is InChI=1S/C10H9BO4/c12-10(13)6-3-1-2-5-7-4-8(7)11(14)15-9(5)6/h1-3,7-8,14H,4H2,(H,12,13)/t7?,8-/m1/s1. The van der Waals surface area contributed by atoms with Crippen LogP contribution in [0.1, 0.15) is 28.3 Å². The van der Waals surface area contributed by atoms with Crippen molar-refractivity contribution in [3.8, 4) is 5.75 Å². The third kappa shape index (κ3) is 1.16. The van der Waals surface area contributed by atoms with Crippen LogP contribution in [0, 0.1) is 0 Å². The summed E-state index contributed by atoms with van der Waals surface area (Å²) < 4.78 is 5.25. The van der Waals surface area contributed by atoms with Crippen molar-refractivity contribution in [2.75, 3.05) is 0 Å². The van der Waals surface area contributed by atoms with Gasteiger partial charge in [-0.2, -0.15) is 0 Å². The Morgan fingerprint density at radius 1 is 1.53 bits per heavy atom. The lowest BCUT2D eigenvalue weighted by atomic mass is 9.77. The molecule has 1 fully saturated rings. The molecule has 1 aromatic rings. The Kier molecular flexibility index (Phi) is 1.62. The van der Waals surface area contributed by atoms with Gasteiger partial charge in [-0.1, -0.05) is 12.1 Å². The summed E-state index contributed by atoms with van der Waals surface area (Å²) in [5.74, 6) is -0.237. The van der Waals surface area contributed by atoms with Crippen LogP contribution in [0.2, 0.25) is 5.82 Å². The minimum Gasteiger partial charge on any atom is -0.535 e. The maximum atomic E-state index is 10.9. The Morgan fingerprint density at radius 2 is 2.33 bits per heavy atom. The minimum atomic E-state index is -1.02. The number of rotatable bonds is 1. The van der Waals surface area contributed by atoms with Crippen LogP contribution in [-0.4, -0.2) is 23.2 Å². The van der Waals surface area contributed by atoms with Gasteiger partial charge < -0.3 is 14.8 Å². The van der Waals surface area contributed by atoms with E-state index in [1.54, 1.807) is 6.07 Å². The van der Waals surface area contributed by atoms with Gasteiger partial charge in [0.25, 0.3) is 0 Å². The average molecular weight is 204 g/mol. The molecule has 2 N–H and O–H groups in total. The number of carboxylic acids is 1. The van der Waals surface area contributed by atoms with Crippen molar-refractivity contribution in [3.63, 3.8) is 0 Å². The lowest BCUT2D eigenvalue weighted by molar-refractivity contribution is 0.0694. The van der Waals surface area contributed by atoms with E-state index in [0.717, 1.165) is 12.0 Å². The number of hydrogen-bond donors (Lipinski definition) is 2. The number of fused-ring (bicyclic) bond motifs is 3. The molecular formula is C10H9BO4. The van der Waals surface area contributed by atoms with E-state index in [2.05, 4.69) is 0 Å². The predicted octanol–water partition coefficient (Wildman–Crippen LogP) is 1.12. The largest absolute Gasteiger partial charge is 0.535 e. The quantitative estimate of drug-likeness (QED) is 0.672. The fraction of sp³-hybridized carbons (Fsp3) is 0.300. The average Bonchev–Trinajstić information content (AvgIpc) is 2.97. The second-order valence-electron chi connectivity index (χ2n) is 4.04. The van der Waals surface area contributed by atoms with E-state index in [1.165, 1.54) is 6.07 Å². The van der Waals surface area contributed by atoms with Crippen LogP contribution >= 0.6 is 0 Å². The highest BCUT2D eigenvalue weighted by atomic mass is 16.5. The minimum absolute atomic E-state index is 0.136. The highest BCUT2D eigenvalue weighted by molar-refractivity contribution is 6.48. The van der Waals surface area contributed by atoms with Crippen molar-refractivity contribution in [2.45, 2.75) is 18.2 Å². The smallest absolute Gasteiger partial charge is 0.526 e. The van der Waals surface area contributed by atoms with Crippen LogP contribution in [-0.2, 0) is 0 Å². The molecule has 76 valence electrons. The van der Waals surface area contributed by atoms with Gasteiger partial charge in [0.15, 0.2) is 0 Å². The molecule has 1 saturated carbocycles. The first kappa shape index (κ1) is 8.79. The first-order chi connectivity index (χ1) is 7.18. The summed E-state index contributed by atoms with van der Waals surface area (Å²) in [4.78, 5) is 10.9. The zero-order valence-corrected chi connectivity index (χ0v) is 7.88. The molecule has 1 heterocycles. The molecule has 0 saturated heterocycles. The van der Waals surface area contributed by atoms with Gasteiger partial charge in [-0.3, -0.25) is 0 Å². The van der Waals surface area contributed by atoms with Gasteiger partial charge in [-0.05, 0) is 24.0 Å². The van der Waals surface area contributed by atoms with Crippen molar-refractivity contribution in [1.29, 1.82) is 0 Å². The normalized spacial score (nSPS) is 26.3. The van der Waals surface area contributed by atoms with Crippen LogP contribution in [0.25, 0.3) is 0 Å². The number of hydrogen-bond acceptors (Lipinski definition) is 3. The highest BCUT2D eigenvalue weighted by Gasteiger charge is 2.54. The van der Waals surface area contributed by atoms with Gasteiger partial charge in [-0.25, -0.2) is 4.79 Å². The Morgan fingerprint density at radius 3 is 3.07 bits per heavy atom. The number of para-hydroxylation sites is 1. The van der Waals surface area contributed by atoms with Crippen molar-refractivity contribution < 1.29 is 19.6 Å². The summed E-state index contributed by atoms with van der Waals surface area (Å²) in [6, 6.07) is 5.09. The Labute approximate surface area is 86.6 Å². The van der Waals surface area contributed by atoms with E-state index < -0.39 is 13.1 Å². The number of carbonyl (C=O) groups is 1. The third-order valence-electron chi connectivity index (χ3n) is 3.12. The summed E-state index contributed by atoms with van der Waals surface area (Å²) in [6.07, 6.45) is 0.886. The van der Waals surface area contributed by atoms with Crippen molar-refractivity contribution in [3.05, 3.63) is 29.3 Å². The molecule has 1 aromatic carbocycles. The van der Waals surface area contributed by atoms with Crippen LogP contribution in [0.15, 0.2) is 18.2 Å². The van der Waals surface area contributed by atoms with Crippen molar-refractivity contribution in [1.82, 2.24) is 0 Å². The number of aromatic carboxylic acids is 1.